The number of nitrogens with zero attached hydrogens (tertiary/aromatic N) is 2. The van der Waals surface area contributed by atoms with Crippen molar-refractivity contribution in [2.45, 2.75) is 13.8 Å². The molecule has 0 radical (unpaired) electrons. The highest BCUT2D eigenvalue weighted by Gasteiger charge is 2.01. The van der Waals surface area contributed by atoms with Crippen LogP contribution in [0.5, 0.6) is 0 Å². The molecule has 0 unspecified atom stereocenters. The molecular weight excluding hydrogens is 108 g/mol. The molecule has 0 rings (SSSR count). The monoisotopic (exact) mass is 120 g/mol. The van der Waals surface area contributed by atoms with E-state index < -0.39 is 0 Å². The summed E-state index contributed by atoms with van der Waals surface area (Å²) in [6, 6.07) is 0. The van der Waals surface area contributed by atoms with Crippen molar-refractivity contribution in [1.29, 1.82) is 0 Å². The van der Waals surface area contributed by atoms with E-state index in [4.69, 9.17) is 10.4 Å². The summed E-state index contributed by atoms with van der Waals surface area (Å²) in [5, 5.41) is 18.7. The van der Waals surface area contributed by atoms with Crippen LogP contribution in [-0.4, -0.2) is 33.8 Å². The number of rotatable bonds is 3. The third kappa shape index (κ3) is 2.23. The third-order valence-electron chi connectivity index (χ3n) is 0.832. The summed E-state index contributed by atoms with van der Waals surface area (Å²) < 4.78 is 0. The Labute approximate surface area is 48.8 Å². The Morgan fingerprint density at radius 3 is 1.38 bits per heavy atom. The van der Waals surface area contributed by atoms with Crippen LogP contribution in [0, 0.1) is 0 Å². The molecule has 8 heavy (non-hydrogen) atoms. The van der Waals surface area contributed by atoms with E-state index in [9.17, 15) is 0 Å². The zero-order chi connectivity index (χ0) is 6.57. The summed E-state index contributed by atoms with van der Waals surface area (Å²) in [6.07, 6.45) is 0. The first kappa shape index (κ1) is 7.84. The fourth-order valence-corrected chi connectivity index (χ4v) is 0.326. The molecule has 0 spiro atoms. The van der Waals surface area contributed by atoms with Crippen molar-refractivity contribution in [3.8, 4) is 0 Å². The summed E-state index contributed by atoms with van der Waals surface area (Å²) in [5.74, 6) is 0. The predicted octanol–water partition coefficient (Wildman–Crippen LogP) is 0.324. The van der Waals surface area contributed by atoms with Gasteiger partial charge in [0.05, 0.1) is 0 Å². The molecule has 0 aliphatic rings. The second-order valence-corrected chi connectivity index (χ2v) is 1.38. The summed E-state index contributed by atoms with van der Waals surface area (Å²) in [7, 11) is 0. The van der Waals surface area contributed by atoms with Gasteiger partial charge >= 0.3 is 0 Å². The van der Waals surface area contributed by atoms with E-state index in [2.05, 4.69) is 0 Å². The van der Waals surface area contributed by atoms with Gasteiger partial charge in [-0.15, -0.1) is 10.3 Å². The summed E-state index contributed by atoms with van der Waals surface area (Å²) in [4.78, 5) is 0. The fraction of sp³-hybridized carbons (Fsp3) is 1.00. The van der Waals surface area contributed by atoms with E-state index in [0.717, 1.165) is 10.3 Å². The molecule has 50 valence electrons. The van der Waals surface area contributed by atoms with Crippen LogP contribution in [-0.2, 0) is 0 Å². The highest BCUT2D eigenvalue weighted by Crippen LogP contribution is 1.84. The van der Waals surface area contributed by atoms with Gasteiger partial charge in [-0.3, -0.25) is 10.4 Å². The Morgan fingerprint density at radius 2 is 1.25 bits per heavy atom. The van der Waals surface area contributed by atoms with Crippen LogP contribution >= 0.6 is 0 Å². The second kappa shape index (κ2) is 3.80. The molecule has 0 heterocycles. The van der Waals surface area contributed by atoms with Gasteiger partial charge in [0.15, 0.2) is 0 Å². The van der Waals surface area contributed by atoms with E-state index in [1.54, 1.807) is 13.8 Å². The van der Waals surface area contributed by atoms with Crippen LogP contribution < -0.4 is 0 Å². The largest absolute Gasteiger partial charge is 0.297 e. The minimum absolute atomic E-state index is 0.393. The topological polar surface area (TPSA) is 46.9 Å². The van der Waals surface area contributed by atoms with Crippen LogP contribution in [0.4, 0.5) is 0 Å². The molecule has 0 aromatic rings. The maximum absolute atomic E-state index is 8.64. The molecule has 4 nitrogen and oxygen atoms in total. The Hall–Kier alpha value is -0.160. The van der Waals surface area contributed by atoms with Gasteiger partial charge in [-0.1, -0.05) is 0 Å². The van der Waals surface area contributed by atoms with Crippen LogP contribution in [0.1, 0.15) is 13.8 Å². The van der Waals surface area contributed by atoms with E-state index in [1.165, 1.54) is 0 Å². The lowest BCUT2D eigenvalue weighted by Crippen LogP contribution is -2.37. The van der Waals surface area contributed by atoms with E-state index >= 15 is 0 Å². The molecule has 0 aliphatic carbocycles. The summed E-state index contributed by atoms with van der Waals surface area (Å²) in [5.41, 5.74) is 0. The molecule has 4 heteroatoms. The van der Waals surface area contributed by atoms with Crippen molar-refractivity contribution in [2.75, 3.05) is 13.1 Å². The summed E-state index contributed by atoms with van der Waals surface area (Å²) in [6.45, 7) is 4.26. The van der Waals surface area contributed by atoms with Crippen LogP contribution in [0.25, 0.3) is 0 Å². The Kier molecular flexibility index (Phi) is 3.72. The van der Waals surface area contributed by atoms with Crippen molar-refractivity contribution < 1.29 is 10.4 Å². The van der Waals surface area contributed by atoms with Crippen molar-refractivity contribution >= 4 is 0 Å². The molecule has 0 aromatic carbocycles. The second-order valence-electron chi connectivity index (χ2n) is 1.38. The predicted molar refractivity (Wildman–Crippen MR) is 28.3 cm³/mol. The average Bonchev–Trinajstić information content (AvgIpc) is 1.84. The number of hydroxylamine groups is 2. The van der Waals surface area contributed by atoms with E-state index in [1.807, 2.05) is 0 Å². The number of hydrogen-bond acceptors (Lipinski definition) is 4. The zero-order valence-electron chi connectivity index (χ0n) is 5.20. The maximum Gasteiger partial charge on any atom is 0.0395 e. The van der Waals surface area contributed by atoms with Crippen molar-refractivity contribution in [3.05, 3.63) is 0 Å². The highest BCUT2D eigenvalue weighted by atomic mass is 16.7. The van der Waals surface area contributed by atoms with Crippen molar-refractivity contribution in [3.63, 3.8) is 0 Å². The standard InChI is InChI=1S/C4H12N2O2/c1-3-5(7)6(8)4-2/h7-8H,3-4H2,1-2H3. The first-order chi connectivity index (χ1) is 3.72. The lowest BCUT2D eigenvalue weighted by atomic mass is 10.7. The van der Waals surface area contributed by atoms with Gasteiger partial charge in [0.2, 0.25) is 0 Å². The number of hydrazine groups is 1. The lowest BCUT2D eigenvalue weighted by molar-refractivity contribution is -0.363. The lowest BCUT2D eigenvalue weighted by Gasteiger charge is -2.19. The Morgan fingerprint density at radius 1 is 1.00 bits per heavy atom. The molecule has 0 aliphatic heterocycles. The van der Waals surface area contributed by atoms with Gasteiger partial charge in [-0.25, -0.2) is 0 Å². The first-order valence-electron chi connectivity index (χ1n) is 2.65. The third-order valence-corrected chi connectivity index (χ3v) is 0.832. The molecule has 0 saturated carbocycles. The van der Waals surface area contributed by atoms with Crippen molar-refractivity contribution in [1.82, 2.24) is 10.3 Å². The first-order valence-corrected chi connectivity index (χ1v) is 2.65. The molecular formula is C4H12N2O2. The van der Waals surface area contributed by atoms with Crippen LogP contribution in [0.3, 0.4) is 0 Å². The van der Waals surface area contributed by atoms with Gasteiger partial charge in [0.25, 0.3) is 0 Å². The molecule has 0 amide bonds. The maximum atomic E-state index is 8.64. The Bertz CT molecular complexity index is 52.0. The molecule has 0 saturated heterocycles. The SMILES string of the molecule is CCN(O)N(O)CC. The van der Waals surface area contributed by atoms with Gasteiger partial charge in [0, 0.05) is 13.1 Å². The average molecular weight is 120 g/mol. The van der Waals surface area contributed by atoms with Gasteiger partial charge in [0.1, 0.15) is 0 Å². The van der Waals surface area contributed by atoms with Crippen molar-refractivity contribution in [2.24, 2.45) is 0 Å². The van der Waals surface area contributed by atoms with E-state index in [0.29, 0.717) is 13.1 Å². The Balaban J connectivity index is 3.29. The molecule has 0 fully saturated rings. The van der Waals surface area contributed by atoms with Gasteiger partial charge < -0.3 is 0 Å². The smallest absolute Gasteiger partial charge is 0.0395 e. The number of hydrogen-bond donors (Lipinski definition) is 2. The zero-order valence-corrected chi connectivity index (χ0v) is 5.20. The van der Waals surface area contributed by atoms with Crippen LogP contribution in [0.2, 0.25) is 0 Å². The van der Waals surface area contributed by atoms with E-state index in [-0.39, 0.29) is 0 Å². The van der Waals surface area contributed by atoms with Gasteiger partial charge in [-0.2, -0.15) is 0 Å². The van der Waals surface area contributed by atoms with Gasteiger partial charge in [-0.05, 0) is 13.8 Å². The highest BCUT2D eigenvalue weighted by molar-refractivity contribution is 4.24. The molecule has 0 bridgehead atoms. The normalized spacial score (nSPS) is 11.2. The van der Waals surface area contributed by atoms with Crippen LogP contribution in [0.15, 0.2) is 0 Å². The quantitative estimate of drug-likeness (QED) is 0.527. The minimum Gasteiger partial charge on any atom is -0.297 e. The fourth-order valence-electron chi connectivity index (χ4n) is 0.326. The molecule has 0 atom stereocenters. The minimum atomic E-state index is 0.393. The molecule has 0 aromatic heterocycles. The summed E-state index contributed by atoms with van der Waals surface area (Å²) >= 11 is 0. The molecule has 2 N–H and O–H groups in total.